The zero-order valence-electron chi connectivity index (χ0n) is 11.4. The van der Waals surface area contributed by atoms with Crippen molar-refractivity contribution in [1.29, 1.82) is 0 Å². The molecule has 1 N–H and O–H groups in total. The Labute approximate surface area is 108 Å². The van der Waals surface area contributed by atoms with Crippen LogP contribution in [0.4, 0.5) is 0 Å². The van der Waals surface area contributed by atoms with Crippen molar-refractivity contribution < 1.29 is 14.2 Å². The van der Waals surface area contributed by atoms with Crippen molar-refractivity contribution in [3.63, 3.8) is 0 Å². The maximum absolute atomic E-state index is 5.32. The fraction of sp³-hybridized carbons (Fsp3) is 0.615. The maximum Gasteiger partial charge on any atom is 0.183 e. The van der Waals surface area contributed by atoms with Gasteiger partial charge in [0.2, 0.25) is 0 Å². The first-order valence-electron chi connectivity index (χ1n) is 6.09. The average molecular weight is 254 g/mol. The standard InChI is InChI=1S/C13H22N2O3/c1-16-9-5-4-7-14-10-11-13(18-3)12(17-2)6-8-15-11/h6,8,14H,4-5,7,9-10H2,1-3H3. The third-order valence-corrected chi connectivity index (χ3v) is 2.61. The lowest BCUT2D eigenvalue weighted by Gasteiger charge is -2.12. The summed E-state index contributed by atoms with van der Waals surface area (Å²) in [5.74, 6) is 1.41. The second-order valence-electron chi connectivity index (χ2n) is 3.87. The molecule has 0 aliphatic heterocycles. The van der Waals surface area contributed by atoms with Gasteiger partial charge < -0.3 is 19.5 Å². The van der Waals surface area contributed by atoms with Crippen LogP contribution in [0.15, 0.2) is 12.3 Å². The van der Waals surface area contributed by atoms with Gasteiger partial charge in [0.25, 0.3) is 0 Å². The summed E-state index contributed by atoms with van der Waals surface area (Å²) in [4.78, 5) is 4.30. The van der Waals surface area contributed by atoms with Gasteiger partial charge in [-0.15, -0.1) is 0 Å². The highest BCUT2D eigenvalue weighted by Crippen LogP contribution is 2.28. The zero-order chi connectivity index (χ0) is 13.2. The van der Waals surface area contributed by atoms with Crippen molar-refractivity contribution in [2.75, 3.05) is 34.5 Å². The number of rotatable bonds is 9. The molecular formula is C13H22N2O3. The van der Waals surface area contributed by atoms with Gasteiger partial charge in [-0.25, -0.2) is 0 Å². The van der Waals surface area contributed by atoms with E-state index < -0.39 is 0 Å². The minimum atomic E-state index is 0.674. The highest BCUT2D eigenvalue weighted by molar-refractivity contribution is 5.42. The first-order chi connectivity index (χ1) is 8.83. The highest BCUT2D eigenvalue weighted by Gasteiger charge is 2.09. The quantitative estimate of drug-likeness (QED) is 0.679. The van der Waals surface area contributed by atoms with Crippen LogP contribution in [0.25, 0.3) is 0 Å². The monoisotopic (exact) mass is 254 g/mol. The van der Waals surface area contributed by atoms with Gasteiger partial charge in [-0.2, -0.15) is 0 Å². The number of hydrogen-bond donors (Lipinski definition) is 1. The van der Waals surface area contributed by atoms with E-state index in [0.29, 0.717) is 18.0 Å². The van der Waals surface area contributed by atoms with E-state index in [1.54, 1.807) is 33.6 Å². The van der Waals surface area contributed by atoms with Gasteiger partial charge in [-0.1, -0.05) is 0 Å². The van der Waals surface area contributed by atoms with Crippen molar-refractivity contribution in [3.05, 3.63) is 18.0 Å². The summed E-state index contributed by atoms with van der Waals surface area (Å²) in [5.41, 5.74) is 0.864. The molecule has 1 heterocycles. The molecule has 0 spiro atoms. The largest absolute Gasteiger partial charge is 0.493 e. The van der Waals surface area contributed by atoms with Crippen molar-refractivity contribution in [2.45, 2.75) is 19.4 Å². The average Bonchev–Trinajstić information content (AvgIpc) is 2.42. The van der Waals surface area contributed by atoms with E-state index in [1.807, 2.05) is 0 Å². The normalized spacial score (nSPS) is 10.4. The molecular weight excluding hydrogens is 232 g/mol. The molecule has 1 aromatic heterocycles. The summed E-state index contributed by atoms with van der Waals surface area (Å²) in [6, 6.07) is 1.79. The molecule has 102 valence electrons. The van der Waals surface area contributed by atoms with Gasteiger partial charge in [0, 0.05) is 32.5 Å². The summed E-state index contributed by atoms with van der Waals surface area (Å²) >= 11 is 0. The maximum atomic E-state index is 5.32. The molecule has 0 fully saturated rings. The Morgan fingerprint density at radius 1 is 1.17 bits per heavy atom. The summed E-state index contributed by atoms with van der Waals surface area (Å²) < 4.78 is 15.5. The van der Waals surface area contributed by atoms with E-state index in [0.717, 1.165) is 31.7 Å². The molecule has 0 radical (unpaired) electrons. The van der Waals surface area contributed by atoms with Gasteiger partial charge in [0.15, 0.2) is 11.5 Å². The van der Waals surface area contributed by atoms with E-state index in [9.17, 15) is 0 Å². The van der Waals surface area contributed by atoms with Gasteiger partial charge in [0.05, 0.1) is 19.9 Å². The minimum Gasteiger partial charge on any atom is -0.493 e. The molecule has 18 heavy (non-hydrogen) atoms. The second kappa shape index (κ2) is 8.72. The van der Waals surface area contributed by atoms with Gasteiger partial charge in [-0.3, -0.25) is 4.98 Å². The van der Waals surface area contributed by atoms with E-state index in [4.69, 9.17) is 14.2 Å². The number of methoxy groups -OCH3 is 3. The summed E-state index contributed by atoms with van der Waals surface area (Å²) in [6.07, 6.45) is 3.87. The van der Waals surface area contributed by atoms with Gasteiger partial charge in [0.1, 0.15) is 0 Å². The predicted octanol–water partition coefficient (Wildman–Crippen LogP) is 1.61. The second-order valence-corrected chi connectivity index (χ2v) is 3.87. The van der Waals surface area contributed by atoms with Crippen LogP contribution in [0.5, 0.6) is 11.5 Å². The number of nitrogens with one attached hydrogen (secondary N) is 1. The Kier molecular flexibility index (Phi) is 7.13. The van der Waals surface area contributed by atoms with E-state index >= 15 is 0 Å². The summed E-state index contributed by atoms with van der Waals surface area (Å²) in [6.45, 7) is 2.42. The molecule has 0 saturated carbocycles. The lowest BCUT2D eigenvalue weighted by atomic mass is 10.3. The van der Waals surface area contributed by atoms with E-state index in [2.05, 4.69) is 10.3 Å². The van der Waals surface area contributed by atoms with Crippen molar-refractivity contribution in [3.8, 4) is 11.5 Å². The number of nitrogens with zero attached hydrogens (tertiary/aromatic N) is 1. The summed E-state index contributed by atoms with van der Waals surface area (Å²) in [7, 11) is 4.97. The molecule has 0 aliphatic rings. The first kappa shape index (κ1) is 14.7. The van der Waals surface area contributed by atoms with Crippen molar-refractivity contribution >= 4 is 0 Å². The fourth-order valence-electron chi connectivity index (χ4n) is 1.68. The molecule has 0 aromatic carbocycles. The number of pyridine rings is 1. The Hall–Kier alpha value is -1.33. The van der Waals surface area contributed by atoms with Crippen LogP contribution in [0.2, 0.25) is 0 Å². The molecule has 5 heteroatoms. The van der Waals surface area contributed by atoms with Gasteiger partial charge >= 0.3 is 0 Å². The zero-order valence-corrected chi connectivity index (χ0v) is 11.4. The third kappa shape index (κ3) is 4.50. The fourth-order valence-corrected chi connectivity index (χ4v) is 1.68. The van der Waals surface area contributed by atoms with Crippen LogP contribution in [0.1, 0.15) is 18.5 Å². The lowest BCUT2D eigenvalue weighted by Crippen LogP contribution is -2.16. The molecule has 0 saturated heterocycles. The minimum absolute atomic E-state index is 0.674. The third-order valence-electron chi connectivity index (χ3n) is 2.61. The smallest absolute Gasteiger partial charge is 0.183 e. The lowest BCUT2D eigenvalue weighted by molar-refractivity contribution is 0.192. The first-order valence-corrected chi connectivity index (χ1v) is 6.09. The molecule has 0 unspecified atom stereocenters. The Morgan fingerprint density at radius 2 is 2.00 bits per heavy atom. The van der Waals surface area contributed by atoms with E-state index in [-0.39, 0.29) is 0 Å². The molecule has 1 rings (SSSR count). The van der Waals surface area contributed by atoms with Crippen LogP contribution < -0.4 is 14.8 Å². The number of aromatic nitrogens is 1. The highest BCUT2D eigenvalue weighted by atomic mass is 16.5. The van der Waals surface area contributed by atoms with Crippen LogP contribution in [-0.2, 0) is 11.3 Å². The summed E-state index contributed by atoms with van der Waals surface area (Å²) in [5, 5.41) is 3.33. The number of hydrogen-bond acceptors (Lipinski definition) is 5. The Morgan fingerprint density at radius 3 is 2.67 bits per heavy atom. The van der Waals surface area contributed by atoms with Crippen LogP contribution in [0, 0.1) is 0 Å². The Bertz CT molecular complexity index is 345. The Balaban J connectivity index is 2.41. The van der Waals surface area contributed by atoms with Crippen LogP contribution >= 0.6 is 0 Å². The predicted molar refractivity (Wildman–Crippen MR) is 70.2 cm³/mol. The van der Waals surface area contributed by atoms with E-state index in [1.165, 1.54) is 0 Å². The molecule has 0 aliphatic carbocycles. The van der Waals surface area contributed by atoms with Crippen molar-refractivity contribution in [2.24, 2.45) is 0 Å². The molecule has 0 amide bonds. The molecule has 0 atom stereocenters. The number of ether oxygens (including phenoxy) is 3. The van der Waals surface area contributed by atoms with Crippen molar-refractivity contribution in [1.82, 2.24) is 10.3 Å². The molecule has 1 aromatic rings. The topological polar surface area (TPSA) is 52.6 Å². The van der Waals surface area contributed by atoms with Crippen LogP contribution in [0.3, 0.4) is 0 Å². The molecule has 5 nitrogen and oxygen atoms in total. The number of unbranched alkanes of at least 4 members (excludes halogenated alkanes) is 1. The molecule has 0 bridgehead atoms. The van der Waals surface area contributed by atoms with Crippen LogP contribution in [-0.4, -0.2) is 39.5 Å². The SMILES string of the molecule is COCCCCNCc1nccc(OC)c1OC. The van der Waals surface area contributed by atoms with Gasteiger partial charge in [-0.05, 0) is 19.4 Å².